The first kappa shape index (κ1) is 18.2. The zero-order chi connectivity index (χ0) is 18.2. The Hall–Kier alpha value is -1.58. The molecule has 0 aliphatic carbocycles. The van der Waals surface area contributed by atoms with E-state index in [2.05, 4.69) is 5.32 Å². The molecule has 0 saturated carbocycles. The highest BCUT2D eigenvalue weighted by Gasteiger charge is 2.29. The van der Waals surface area contributed by atoms with Crippen LogP contribution in [0.5, 0.6) is 0 Å². The number of hydrogen-bond donors (Lipinski definition) is 1. The fraction of sp³-hybridized carbons (Fsp3) is 0.500. The number of sulfonamides is 1. The molecule has 0 unspecified atom stereocenters. The van der Waals surface area contributed by atoms with E-state index in [0.29, 0.717) is 42.9 Å². The molecule has 9 heteroatoms. The second kappa shape index (κ2) is 6.97. The molecule has 0 radical (unpaired) electrons. The molecule has 1 aromatic carbocycles. The SMILES string of the molecule is CN(C1CCN(C(=O)c2ccc3c(c2)NC(=O)CS3)CC1)S(C)(=O)=O. The third-order valence-electron chi connectivity index (χ3n) is 4.65. The molecular formula is C16H21N3O4S2. The van der Waals surface area contributed by atoms with Crippen molar-refractivity contribution in [2.75, 3.05) is 37.5 Å². The predicted molar refractivity (Wildman–Crippen MR) is 97.3 cm³/mol. The number of carbonyl (C=O) groups is 2. The third kappa shape index (κ3) is 3.99. The third-order valence-corrected chi connectivity index (χ3v) is 7.07. The van der Waals surface area contributed by atoms with Gasteiger partial charge in [0, 0.05) is 36.6 Å². The number of amides is 2. The fourth-order valence-corrected chi connectivity index (χ4v) is 4.64. The average molecular weight is 383 g/mol. The van der Waals surface area contributed by atoms with E-state index in [-0.39, 0.29) is 17.9 Å². The summed E-state index contributed by atoms with van der Waals surface area (Å²) in [6.07, 6.45) is 2.43. The fourth-order valence-electron chi connectivity index (χ4n) is 3.10. The highest BCUT2D eigenvalue weighted by molar-refractivity contribution is 8.00. The van der Waals surface area contributed by atoms with Gasteiger partial charge in [-0.15, -0.1) is 11.8 Å². The molecule has 1 fully saturated rings. The number of nitrogens with zero attached hydrogens (tertiary/aromatic N) is 2. The molecular weight excluding hydrogens is 362 g/mol. The maximum atomic E-state index is 12.7. The van der Waals surface area contributed by atoms with Gasteiger partial charge in [-0.2, -0.15) is 0 Å². The molecule has 0 bridgehead atoms. The summed E-state index contributed by atoms with van der Waals surface area (Å²) in [5, 5.41) is 2.79. The number of hydrogen-bond acceptors (Lipinski definition) is 5. The van der Waals surface area contributed by atoms with Crippen LogP contribution >= 0.6 is 11.8 Å². The van der Waals surface area contributed by atoms with E-state index in [0.717, 1.165) is 4.90 Å². The minimum absolute atomic E-state index is 0.0632. The van der Waals surface area contributed by atoms with E-state index in [1.807, 2.05) is 6.07 Å². The van der Waals surface area contributed by atoms with Crippen LogP contribution in [0.1, 0.15) is 23.2 Å². The lowest BCUT2D eigenvalue weighted by atomic mass is 10.0. The smallest absolute Gasteiger partial charge is 0.253 e. The van der Waals surface area contributed by atoms with Crippen molar-refractivity contribution in [3.05, 3.63) is 23.8 Å². The van der Waals surface area contributed by atoms with Crippen molar-refractivity contribution in [1.82, 2.24) is 9.21 Å². The van der Waals surface area contributed by atoms with Crippen LogP contribution in [0.15, 0.2) is 23.1 Å². The summed E-state index contributed by atoms with van der Waals surface area (Å²) in [5.74, 6) is 0.238. The average Bonchev–Trinajstić information content (AvgIpc) is 2.59. The monoisotopic (exact) mass is 383 g/mol. The molecule has 136 valence electrons. The standard InChI is InChI=1S/C16H21N3O4S2/c1-18(25(2,22)23)12-5-7-19(8-6-12)16(21)11-3-4-14-13(9-11)17-15(20)10-24-14/h3-4,9,12H,5-8,10H2,1-2H3,(H,17,20). The van der Waals surface area contributed by atoms with Crippen molar-refractivity contribution in [3.8, 4) is 0 Å². The van der Waals surface area contributed by atoms with Crippen LogP contribution in [0.3, 0.4) is 0 Å². The Bertz CT molecular complexity index is 802. The molecule has 2 aliphatic heterocycles. The largest absolute Gasteiger partial charge is 0.339 e. The molecule has 2 aliphatic rings. The summed E-state index contributed by atoms with van der Waals surface area (Å²) in [6, 6.07) is 5.28. The maximum absolute atomic E-state index is 12.7. The van der Waals surface area contributed by atoms with Gasteiger partial charge in [-0.3, -0.25) is 9.59 Å². The first-order valence-electron chi connectivity index (χ1n) is 8.04. The number of rotatable bonds is 3. The van der Waals surface area contributed by atoms with Crippen molar-refractivity contribution in [1.29, 1.82) is 0 Å². The van der Waals surface area contributed by atoms with Crippen molar-refractivity contribution in [2.45, 2.75) is 23.8 Å². The van der Waals surface area contributed by atoms with Gasteiger partial charge in [-0.1, -0.05) is 0 Å². The van der Waals surface area contributed by atoms with Crippen LogP contribution in [-0.2, 0) is 14.8 Å². The number of benzene rings is 1. The Labute approximate surface area is 151 Å². The van der Waals surface area contributed by atoms with Gasteiger partial charge < -0.3 is 10.2 Å². The van der Waals surface area contributed by atoms with Crippen molar-refractivity contribution >= 4 is 39.3 Å². The van der Waals surface area contributed by atoms with Crippen LogP contribution in [0, 0.1) is 0 Å². The van der Waals surface area contributed by atoms with Gasteiger partial charge in [0.05, 0.1) is 17.7 Å². The Morgan fingerprint density at radius 3 is 2.64 bits per heavy atom. The Morgan fingerprint density at radius 1 is 1.32 bits per heavy atom. The molecule has 0 spiro atoms. The number of carbonyl (C=O) groups excluding carboxylic acids is 2. The van der Waals surface area contributed by atoms with Gasteiger partial charge in [0.15, 0.2) is 0 Å². The number of piperidine rings is 1. The summed E-state index contributed by atoms with van der Waals surface area (Å²) >= 11 is 1.46. The minimum Gasteiger partial charge on any atom is -0.339 e. The first-order chi connectivity index (χ1) is 11.8. The molecule has 25 heavy (non-hydrogen) atoms. The molecule has 3 rings (SSSR count). The van der Waals surface area contributed by atoms with Crippen molar-refractivity contribution in [2.24, 2.45) is 0 Å². The normalized spacial score (nSPS) is 18.8. The molecule has 7 nitrogen and oxygen atoms in total. The maximum Gasteiger partial charge on any atom is 0.253 e. The molecule has 1 saturated heterocycles. The molecule has 2 heterocycles. The Morgan fingerprint density at radius 2 is 2.00 bits per heavy atom. The second-order valence-corrected chi connectivity index (χ2v) is 9.41. The van der Waals surface area contributed by atoms with Crippen LogP contribution in [-0.4, -0.2) is 67.6 Å². The van der Waals surface area contributed by atoms with E-state index in [4.69, 9.17) is 0 Å². The topological polar surface area (TPSA) is 86.8 Å². The van der Waals surface area contributed by atoms with E-state index >= 15 is 0 Å². The first-order valence-corrected chi connectivity index (χ1v) is 10.9. The van der Waals surface area contributed by atoms with Gasteiger partial charge in [0.1, 0.15) is 0 Å². The highest BCUT2D eigenvalue weighted by Crippen LogP contribution is 2.32. The quantitative estimate of drug-likeness (QED) is 0.848. The molecule has 2 amide bonds. The summed E-state index contributed by atoms with van der Waals surface area (Å²) < 4.78 is 24.7. The molecule has 1 N–H and O–H groups in total. The van der Waals surface area contributed by atoms with Gasteiger partial charge in [-0.25, -0.2) is 12.7 Å². The lowest BCUT2D eigenvalue weighted by Crippen LogP contribution is -2.47. The Balaban J connectivity index is 1.67. The predicted octanol–water partition coefficient (Wildman–Crippen LogP) is 1.23. The highest BCUT2D eigenvalue weighted by atomic mass is 32.2. The second-order valence-electron chi connectivity index (χ2n) is 6.35. The number of nitrogens with one attached hydrogen (secondary N) is 1. The van der Waals surface area contributed by atoms with Gasteiger partial charge >= 0.3 is 0 Å². The number of fused-ring (bicyclic) bond motifs is 1. The number of anilines is 1. The summed E-state index contributed by atoms with van der Waals surface area (Å²) in [7, 11) is -1.64. The van der Waals surface area contributed by atoms with Crippen LogP contribution in [0.25, 0.3) is 0 Å². The van der Waals surface area contributed by atoms with E-state index < -0.39 is 10.0 Å². The number of thioether (sulfide) groups is 1. The van der Waals surface area contributed by atoms with Crippen LogP contribution in [0.4, 0.5) is 5.69 Å². The Kier molecular flexibility index (Phi) is 5.08. The van der Waals surface area contributed by atoms with Crippen LogP contribution in [0.2, 0.25) is 0 Å². The summed E-state index contributed by atoms with van der Waals surface area (Å²) in [6.45, 7) is 1.03. The molecule has 0 aromatic heterocycles. The van der Waals surface area contributed by atoms with Crippen LogP contribution < -0.4 is 5.32 Å². The summed E-state index contributed by atoms with van der Waals surface area (Å²) in [4.78, 5) is 26.9. The molecule has 1 aromatic rings. The van der Waals surface area contributed by atoms with Crippen molar-refractivity contribution < 1.29 is 18.0 Å². The summed E-state index contributed by atoms with van der Waals surface area (Å²) in [5.41, 5.74) is 1.22. The zero-order valence-corrected chi connectivity index (χ0v) is 15.8. The van der Waals surface area contributed by atoms with E-state index in [9.17, 15) is 18.0 Å². The van der Waals surface area contributed by atoms with Gasteiger partial charge in [0.2, 0.25) is 15.9 Å². The zero-order valence-electron chi connectivity index (χ0n) is 14.2. The molecule has 0 atom stereocenters. The van der Waals surface area contributed by atoms with Gasteiger partial charge in [-0.05, 0) is 31.0 Å². The minimum atomic E-state index is -3.22. The van der Waals surface area contributed by atoms with Gasteiger partial charge in [0.25, 0.3) is 5.91 Å². The lowest BCUT2D eigenvalue weighted by Gasteiger charge is -2.35. The van der Waals surface area contributed by atoms with Crippen molar-refractivity contribution in [3.63, 3.8) is 0 Å². The number of likely N-dealkylation sites (tertiary alicyclic amines) is 1. The lowest BCUT2D eigenvalue weighted by molar-refractivity contribution is -0.113. The van der Waals surface area contributed by atoms with E-state index in [1.54, 1.807) is 24.1 Å². The van der Waals surface area contributed by atoms with E-state index in [1.165, 1.54) is 22.3 Å².